The van der Waals surface area contributed by atoms with Gasteiger partial charge in [-0.3, -0.25) is 9.79 Å². The lowest BCUT2D eigenvalue weighted by molar-refractivity contribution is -0.142. The number of carboxylic acid groups (broad SMARTS) is 1. The smallest absolute Gasteiger partial charge is 0.324 e. The van der Waals surface area contributed by atoms with Gasteiger partial charge in [-0.25, -0.2) is 0 Å². The maximum atomic E-state index is 11.0. The van der Waals surface area contributed by atoms with Gasteiger partial charge in [0.1, 0.15) is 5.54 Å². The molecule has 0 amide bonds. The third-order valence-electron chi connectivity index (χ3n) is 2.63. The van der Waals surface area contributed by atoms with Gasteiger partial charge in [0.25, 0.3) is 0 Å². The monoisotopic (exact) mass is 261 g/mol. The molecule has 0 aliphatic rings. The molecule has 0 aromatic heterocycles. The van der Waals surface area contributed by atoms with E-state index in [0.29, 0.717) is 24.6 Å². The Labute approximate surface area is 107 Å². The summed E-state index contributed by atoms with van der Waals surface area (Å²) in [6, 6.07) is 0. The molecule has 0 fully saturated rings. The van der Waals surface area contributed by atoms with E-state index in [0.717, 1.165) is 6.42 Å². The Bertz CT molecular complexity index is 280. The van der Waals surface area contributed by atoms with Gasteiger partial charge in [-0.1, -0.05) is 13.8 Å². The number of rotatable bonds is 8. The predicted molar refractivity (Wildman–Crippen MR) is 73.5 cm³/mol. The first-order chi connectivity index (χ1) is 7.85. The Hall–Kier alpha value is -0.750. The number of nitrogens with zero attached hydrogens (tertiary/aromatic N) is 1. The normalized spacial score (nSPS) is 17.5. The summed E-state index contributed by atoms with van der Waals surface area (Å²) in [6.45, 7) is 6.19. The van der Waals surface area contributed by atoms with Crippen molar-refractivity contribution in [2.75, 3.05) is 12.3 Å². The van der Waals surface area contributed by atoms with Gasteiger partial charge in [0.05, 0.1) is 12.4 Å². The first-order valence-corrected chi connectivity index (χ1v) is 6.81. The molecule has 0 aliphatic carbocycles. The lowest BCUT2D eigenvalue weighted by Gasteiger charge is -2.24. The van der Waals surface area contributed by atoms with Crippen LogP contribution in [0.5, 0.6) is 0 Å². The number of aliphatic carboxylic acids is 1. The second-order valence-electron chi connectivity index (χ2n) is 4.14. The molecule has 0 bridgehead atoms. The van der Waals surface area contributed by atoms with E-state index in [9.17, 15) is 4.79 Å². The summed E-state index contributed by atoms with van der Waals surface area (Å²) in [4.78, 5) is 15.2. The van der Waals surface area contributed by atoms with Crippen LogP contribution in [0, 0.1) is 0 Å². The average molecular weight is 261 g/mol. The highest BCUT2D eigenvalue weighted by molar-refractivity contribution is 8.00. The number of hydrogen-bond donors (Lipinski definition) is 3. The van der Waals surface area contributed by atoms with E-state index in [-0.39, 0.29) is 5.25 Å². The molecule has 0 saturated carbocycles. The van der Waals surface area contributed by atoms with Crippen molar-refractivity contribution < 1.29 is 9.90 Å². The molecular formula is C11H23N3O2S. The zero-order valence-electron chi connectivity index (χ0n) is 10.8. The summed E-state index contributed by atoms with van der Waals surface area (Å²) in [5.41, 5.74) is 10.2. The summed E-state index contributed by atoms with van der Waals surface area (Å²) in [7, 11) is 0. The van der Waals surface area contributed by atoms with Crippen molar-refractivity contribution in [3.63, 3.8) is 0 Å². The maximum Gasteiger partial charge on any atom is 0.324 e. The third kappa shape index (κ3) is 5.93. The predicted octanol–water partition coefficient (Wildman–Crippen LogP) is 1.07. The van der Waals surface area contributed by atoms with Gasteiger partial charge in [0, 0.05) is 11.0 Å². The highest BCUT2D eigenvalue weighted by Crippen LogP contribution is 2.21. The Balaban J connectivity index is 4.31. The molecule has 0 aromatic rings. The standard InChI is InChI=1S/C11H23N3O2S/c1-4-9(6-14-8(3)12)17-7-11(13,5-2)10(15)16/h9H,4-7,13H2,1-3H3,(H2,12,14)(H,15,16)/t9?,11-/m0/s1. The fourth-order valence-electron chi connectivity index (χ4n) is 1.13. The van der Waals surface area contributed by atoms with E-state index in [1.807, 2.05) is 6.92 Å². The Kier molecular flexibility index (Phi) is 7.22. The van der Waals surface area contributed by atoms with Gasteiger partial charge < -0.3 is 16.6 Å². The van der Waals surface area contributed by atoms with Crippen LogP contribution in [0.25, 0.3) is 0 Å². The second-order valence-corrected chi connectivity index (χ2v) is 5.43. The zero-order chi connectivity index (χ0) is 13.5. The van der Waals surface area contributed by atoms with Gasteiger partial charge in [-0.2, -0.15) is 11.8 Å². The van der Waals surface area contributed by atoms with Gasteiger partial charge in [0.2, 0.25) is 0 Å². The summed E-state index contributed by atoms with van der Waals surface area (Å²) in [5, 5.41) is 9.32. The average Bonchev–Trinajstić information content (AvgIpc) is 2.28. The van der Waals surface area contributed by atoms with Crippen molar-refractivity contribution in [2.24, 2.45) is 16.5 Å². The van der Waals surface area contributed by atoms with Crippen LogP contribution in [-0.4, -0.2) is 40.0 Å². The van der Waals surface area contributed by atoms with Gasteiger partial charge in [-0.15, -0.1) is 0 Å². The molecule has 2 atom stereocenters. The van der Waals surface area contributed by atoms with Crippen molar-refractivity contribution in [3.8, 4) is 0 Å². The number of nitrogens with two attached hydrogens (primary N) is 2. The number of hydrogen-bond acceptors (Lipinski definition) is 4. The molecule has 6 heteroatoms. The molecule has 0 radical (unpaired) electrons. The molecule has 17 heavy (non-hydrogen) atoms. The quantitative estimate of drug-likeness (QED) is 0.448. The summed E-state index contributed by atoms with van der Waals surface area (Å²) < 4.78 is 0. The van der Waals surface area contributed by atoms with E-state index in [1.54, 1.807) is 25.6 Å². The molecule has 1 unspecified atom stereocenters. The van der Waals surface area contributed by atoms with Crippen LogP contribution in [0.4, 0.5) is 0 Å². The number of carboxylic acids is 1. The van der Waals surface area contributed by atoms with Crippen molar-refractivity contribution in [1.29, 1.82) is 0 Å². The molecule has 0 aromatic carbocycles. The Morgan fingerprint density at radius 1 is 1.53 bits per heavy atom. The molecule has 0 rings (SSSR count). The van der Waals surface area contributed by atoms with Crippen LogP contribution in [0.15, 0.2) is 4.99 Å². The first kappa shape index (κ1) is 16.2. The van der Waals surface area contributed by atoms with Crippen LogP contribution >= 0.6 is 11.8 Å². The topological polar surface area (TPSA) is 102 Å². The van der Waals surface area contributed by atoms with Crippen molar-refractivity contribution in [3.05, 3.63) is 0 Å². The van der Waals surface area contributed by atoms with E-state index in [4.69, 9.17) is 16.6 Å². The fourth-order valence-corrected chi connectivity index (χ4v) is 2.40. The van der Waals surface area contributed by atoms with E-state index >= 15 is 0 Å². The van der Waals surface area contributed by atoms with Gasteiger partial charge in [0.15, 0.2) is 0 Å². The van der Waals surface area contributed by atoms with E-state index in [2.05, 4.69) is 4.99 Å². The first-order valence-electron chi connectivity index (χ1n) is 5.76. The minimum Gasteiger partial charge on any atom is -0.480 e. The van der Waals surface area contributed by atoms with Crippen LogP contribution in [0.3, 0.4) is 0 Å². The molecule has 100 valence electrons. The minimum absolute atomic E-state index is 0.266. The van der Waals surface area contributed by atoms with Gasteiger partial charge >= 0.3 is 5.97 Å². The highest BCUT2D eigenvalue weighted by Gasteiger charge is 2.32. The SMILES string of the molecule is CCC(CN=C(C)N)SC[C@@](N)(CC)C(=O)O. The maximum absolute atomic E-state index is 11.0. The number of aliphatic imine (C=N–C) groups is 1. The van der Waals surface area contributed by atoms with Gasteiger partial charge in [-0.05, 0) is 19.8 Å². The second kappa shape index (κ2) is 7.55. The largest absolute Gasteiger partial charge is 0.480 e. The highest BCUT2D eigenvalue weighted by atomic mass is 32.2. The van der Waals surface area contributed by atoms with Crippen molar-refractivity contribution in [1.82, 2.24) is 0 Å². The van der Waals surface area contributed by atoms with E-state index < -0.39 is 11.5 Å². The van der Waals surface area contributed by atoms with Crippen LogP contribution in [0.1, 0.15) is 33.6 Å². The number of amidine groups is 1. The summed E-state index contributed by atoms with van der Waals surface area (Å²) >= 11 is 1.55. The fraction of sp³-hybridized carbons (Fsp3) is 0.818. The Morgan fingerprint density at radius 2 is 2.12 bits per heavy atom. The molecule has 5 nitrogen and oxygen atoms in total. The molecule has 5 N–H and O–H groups in total. The summed E-state index contributed by atoms with van der Waals surface area (Å²) in [6.07, 6.45) is 1.34. The third-order valence-corrected chi connectivity index (χ3v) is 4.27. The van der Waals surface area contributed by atoms with Crippen LogP contribution < -0.4 is 11.5 Å². The zero-order valence-corrected chi connectivity index (χ0v) is 11.6. The Morgan fingerprint density at radius 3 is 2.47 bits per heavy atom. The van der Waals surface area contributed by atoms with Crippen LogP contribution in [0.2, 0.25) is 0 Å². The van der Waals surface area contributed by atoms with Crippen molar-refractivity contribution in [2.45, 2.75) is 44.4 Å². The lowest BCUT2D eigenvalue weighted by atomic mass is 10.0. The van der Waals surface area contributed by atoms with E-state index in [1.165, 1.54) is 0 Å². The minimum atomic E-state index is -1.14. The molecule has 0 aliphatic heterocycles. The molecule has 0 spiro atoms. The molecule has 0 heterocycles. The number of carbonyl (C=O) groups is 1. The lowest BCUT2D eigenvalue weighted by Crippen LogP contribution is -2.50. The van der Waals surface area contributed by atoms with Crippen molar-refractivity contribution >= 4 is 23.6 Å². The number of thioether (sulfide) groups is 1. The summed E-state index contributed by atoms with van der Waals surface area (Å²) in [5.74, 6) is 0.00822. The molecule has 0 saturated heterocycles. The van der Waals surface area contributed by atoms with Crippen LogP contribution in [-0.2, 0) is 4.79 Å². The molecular weight excluding hydrogens is 238 g/mol.